The van der Waals surface area contributed by atoms with Gasteiger partial charge in [-0.2, -0.15) is 0 Å². The number of hydrogen-bond acceptors (Lipinski definition) is 3. The molecule has 5 heteroatoms. The standard InChI is InChI=1S/C18H18ClN3O/c19-10-17(23)22(15-8-7-12-3-1-4-13(12)9-15)18-20-11-14-5-2-6-16(14)21-18/h7-9,11H,1-6,10H2. The summed E-state index contributed by atoms with van der Waals surface area (Å²) in [6.07, 6.45) is 8.31. The van der Waals surface area contributed by atoms with Crippen LogP contribution in [0.25, 0.3) is 0 Å². The zero-order valence-corrected chi connectivity index (χ0v) is 13.6. The van der Waals surface area contributed by atoms with Gasteiger partial charge in [0.1, 0.15) is 5.88 Å². The van der Waals surface area contributed by atoms with Gasteiger partial charge in [-0.05, 0) is 67.3 Å². The molecule has 1 amide bonds. The second-order valence-electron chi connectivity index (χ2n) is 6.16. The van der Waals surface area contributed by atoms with Crippen LogP contribution in [0.4, 0.5) is 11.6 Å². The molecular weight excluding hydrogens is 310 g/mol. The molecular formula is C18H18ClN3O. The molecule has 0 aliphatic heterocycles. The van der Waals surface area contributed by atoms with E-state index in [4.69, 9.17) is 11.6 Å². The largest absolute Gasteiger partial charge is 0.273 e. The van der Waals surface area contributed by atoms with Crippen LogP contribution in [0.5, 0.6) is 0 Å². The number of carbonyl (C=O) groups excluding carboxylic acids is 1. The topological polar surface area (TPSA) is 46.1 Å². The predicted molar refractivity (Wildman–Crippen MR) is 90.4 cm³/mol. The highest BCUT2D eigenvalue weighted by atomic mass is 35.5. The lowest BCUT2D eigenvalue weighted by Crippen LogP contribution is -2.29. The highest BCUT2D eigenvalue weighted by Gasteiger charge is 2.24. The molecule has 118 valence electrons. The first-order valence-corrected chi connectivity index (χ1v) is 8.65. The molecule has 0 radical (unpaired) electrons. The highest BCUT2D eigenvalue weighted by Crippen LogP contribution is 2.31. The van der Waals surface area contributed by atoms with Crippen LogP contribution in [-0.2, 0) is 30.5 Å². The number of amides is 1. The Bertz CT molecular complexity index is 717. The van der Waals surface area contributed by atoms with Gasteiger partial charge in [0.15, 0.2) is 0 Å². The van der Waals surface area contributed by atoms with Gasteiger partial charge in [0.2, 0.25) is 11.9 Å². The summed E-state index contributed by atoms with van der Waals surface area (Å²) in [7, 11) is 0. The van der Waals surface area contributed by atoms with E-state index in [1.807, 2.05) is 12.3 Å². The molecule has 2 aliphatic carbocycles. The quantitative estimate of drug-likeness (QED) is 0.812. The Kier molecular flexibility index (Phi) is 3.77. The van der Waals surface area contributed by atoms with Crippen molar-refractivity contribution in [2.24, 2.45) is 0 Å². The van der Waals surface area contributed by atoms with E-state index in [1.54, 1.807) is 4.90 Å². The summed E-state index contributed by atoms with van der Waals surface area (Å²) in [5.74, 6) is 0.161. The molecule has 0 fully saturated rings. The SMILES string of the molecule is O=C(CCl)N(c1ccc2c(c1)CCC2)c1ncc2c(n1)CCC2. The normalized spacial score (nSPS) is 15.3. The third kappa shape index (κ3) is 2.61. The number of aromatic nitrogens is 2. The molecule has 0 unspecified atom stereocenters. The fourth-order valence-electron chi connectivity index (χ4n) is 3.54. The number of aryl methyl sites for hydroxylation is 4. The van der Waals surface area contributed by atoms with Crippen molar-refractivity contribution < 1.29 is 4.79 Å². The Balaban J connectivity index is 1.77. The van der Waals surface area contributed by atoms with Gasteiger partial charge in [-0.3, -0.25) is 4.79 Å². The maximum Gasteiger partial charge on any atom is 0.248 e. The molecule has 23 heavy (non-hydrogen) atoms. The summed E-state index contributed by atoms with van der Waals surface area (Å²) >= 11 is 5.83. The zero-order chi connectivity index (χ0) is 15.8. The number of alkyl halides is 1. The van der Waals surface area contributed by atoms with Crippen molar-refractivity contribution in [1.82, 2.24) is 9.97 Å². The van der Waals surface area contributed by atoms with Gasteiger partial charge >= 0.3 is 0 Å². The maximum atomic E-state index is 12.4. The van der Waals surface area contributed by atoms with E-state index in [0.717, 1.165) is 43.5 Å². The molecule has 2 aromatic rings. The van der Waals surface area contributed by atoms with Crippen LogP contribution in [0.15, 0.2) is 24.4 Å². The minimum Gasteiger partial charge on any atom is -0.273 e. The van der Waals surface area contributed by atoms with Crippen molar-refractivity contribution in [2.75, 3.05) is 10.8 Å². The molecule has 0 atom stereocenters. The Morgan fingerprint density at radius 1 is 1.09 bits per heavy atom. The van der Waals surface area contributed by atoms with E-state index in [2.05, 4.69) is 22.1 Å². The number of nitrogens with zero attached hydrogens (tertiary/aromatic N) is 3. The van der Waals surface area contributed by atoms with Crippen LogP contribution in [0.1, 0.15) is 35.2 Å². The van der Waals surface area contributed by atoms with Crippen LogP contribution in [0.3, 0.4) is 0 Å². The van der Waals surface area contributed by atoms with Gasteiger partial charge in [-0.1, -0.05) is 6.07 Å². The molecule has 0 saturated carbocycles. The molecule has 4 rings (SSSR count). The summed E-state index contributed by atoms with van der Waals surface area (Å²) in [4.78, 5) is 23.0. The van der Waals surface area contributed by atoms with Crippen molar-refractivity contribution in [1.29, 1.82) is 0 Å². The number of anilines is 2. The van der Waals surface area contributed by atoms with Gasteiger partial charge in [0.25, 0.3) is 0 Å². The number of carbonyl (C=O) groups is 1. The molecule has 0 N–H and O–H groups in total. The van der Waals surface area contributed by atoms with Crippen LogP contribution in [0.2, 0.25) is 0 Å². The minimum absolute atomic E-state index is 0.0858. The van der Waals surface area contributed by atoms with Crippen molar-refractivity contribution in [3.8, 4) is 0 Å². The molecule has 0 bridgehead atoms. The van der Waals surface area contributed by atoms with Crippen molar-refractivity contribution in [3.63, 3.8) is 0 Å². The molecule has 2 aliphatic rings. The third-order valence-electron chi connectivity index (χ3n) is 4.71. The van der Waals surface area contributed by atoms with Crippen LogP contribution < -0.4 is 4.90 Å². The Morgan fingerprint density at radius 2 is 1.87 bits per heavy atom. The van der Waals surface area contributed by atoms with E-state index in [0.29, 0.717) is 5.95 Å². The fraction of sp³-hybridized carbons (Fsp3) is 0.389. The second kappa shape index (κ2) is 5.93. The van der Waals surface area contributed by atoms with Crippen LogP contribution in [0, 0.1) is 0 Å². The summed E-state index contributed by atoms with van der Waals surface area (Å²) in [5, 5.41) is 0. The average Bonchev–Trinajstić information content (AvgIpc) is 3.22. The first-order chi connectivity index (χ1) is 11.3. The van der Waals surface area contributed by atoms with Gasteiger partial charge in [0, 0.05) is 11.9 Å². The van der Waals surface area contributed by atoms with Gasteiger partial charge in [-0.25, -0.2) is 14.9 Å². The van der Waals surface area contributed by atoms with Crippen LogP contribution >= 0.6 is 11.6 Å². The molecule has 1 heterocycles. The van der Waals surface area contributed by atoms with Gasteiger partial charge in [-0.15, -0.1) is 11.6 Å². The average molecular weight is 328 g/mol. The van der Waals surface area contributed by atoms with E-state index < -0.39 is 0 Å². The van der Waals surface area contributed by atoms with E-state index in [-0.39, 0.29) is 11.8 Å². The van der Waals surface area contributed by atoms with Crippen molar-refractivity contribution in [3.05, 3.63) is 46.8 Å². The molecule has 1 aromatic carbocycles. The van der Waals surface area contributed by atoms with E-state index >= 15 is 0 Å². The maximum absolute atomic E-state index is 12.4. The minimum atomic E-state index is -0.192. The summed E-state index contributed by atoms with van der Waals surface area (Å²) < 4.78 is 0. The summed E-state index contributed by atoms with van der Waals surface area (Å²) in [5.41, 5.74) is 5.76. The first kappa shape index (κ1) is 14.6. The van der Waals surface area contributed by atoms with Crippen LogP contribution in [-0.4, -0.2) is 21.8 Å². The Morgan fingerprint density at radius 3 is 2.74 bits per heavy atom. The molecule has 0 spiro atoms. The molecule has 4 nitrogen and oxygen atoms in total. The number of rotatable bonds is 3. The Hall–Kier alpha value is -1.94. The van der Waals surface area contributed by atoms with Crippen molar-refractivity contribution >= 4 is 29.1 Å². The van der Waals surface area contributed by atoms with E-state index in [1.165, 1.54) is 23.1 Å². The number of hydrogen-bond donors (Lipinski definition) is 0. The molecule has 1 aromatic heterocycles. The zero-order valence-electron chi connectivity index (χ0n) is 12.9. The van der Waals surface area contributed by atoms with Gasteiger partial charge in [0.05, 0.1) is 5.69 Å². The Labute approximate surface area is 140 Å². The number of halogens is 1. The number of fused-ring (bicyclic) bond motifs is 2. The fourth-order valence-corrected chi connectivity index (χ4v) is 3.66. The van der Waals surface area contributed by atoms with E-state index in [9.17, 15) is 4.79 Å². The smallest absolute Gasteiger partial charge is 0.248 e. The second-order valence-corrected chi connectivity index (χ2v) is 6.43. The number of benzene rings is 1. The highest BCUT2D eigenvalue weighted by molar-refractivity contribution is 6.30. The van der Waals surface area contributed by atoms with Crippen molar-refractivity contribution in [2.45, 2.75) is 38.5 Å². The summed E-state index contributed by atoms with van der Waals surface area (Å²) in [6.45, 7) is 0. The lowest BCUT2D eigenvalue weighted by molar-refractivity contribution is -0.115. The predicted octanol–water partition coefficient (Wildman–Crippen LogP) is 3.36. The lowest BCUT2D eigenvalue weighted by Gasteiger charge is -2.21. The lowest BCUT2D eigenvalue weighted by atomic mass is 10.1. The monoisotopic (exact) mass is 327 g/mol. The van der Waals surface area contributed by atoms with Gasteiger partial charge < -0.3 is 0 Å². The molecule has 0 saturated heterocycles. The first-order valence-electron chi connectivity index (χ1n) is 8.12. The third-order valence-corrected chi connectivity index (χ3v) is 4.93. The summed E-state index contributed by atoms with van der Waals surface area (Å²) in [6, 6.07) is 6.17.